The maximum Gasteiger partial charge on any atom is 0.415 e. The molecule has 4 heterocycles. The van der Waals surface area contributed by atoms with Crippen molar-refractivity contribution in [2.24, 2.45) is 0 Å². The number of hydrogen-bond acceptors (Lipinski definition) is 3. The van der Waals surface area contributed by atoms with Crippen molar-refractivity contribution in [1.29, 1.82) is 5.26 Å². The zero-order valence-electron chi connectivity index (χ0n) is 37.0. The van der Waals surface area contributed by atoms with E-state index >= 15 is 0 Å². The summed E-state index contributed by atoms with van der Waals surface area (Å²) >= 11 is 0. The molecule has 0 saturated carbocycles. The second-order valence-electron chi connectivity index (χ2n) is 17.1. The Morgan fingerprint density at radius 1 is 0.457 bits per heavy atom. The molecule has 330 valence electrons. The predicted octanol–water partition coefficient (Wildman–Crippen LogP) is 16.4. The molecule has 70 heavy (non-hydrogen) atoms. The van der Waals surface area contributed by atoms with Gasteiger partial charge in [-0.3, -0.25) is 9.97 Å². The summed E-state index contributed by atoms with van der Waals surface area (Å²) in [5, 5.41) is 15.3. The van der Waals surface area contributed by atoms with E-state index in [4.69, 9.17) is 16.5 Å². The SMILES string of the molecule is [C-]#[N+]c1cc(-c2ccc(-n3c4ccccc4c4cc(-c5ccc(-c6ccccc6)nc5)ccc43)c(C#N)c2-n2c3ccccc3c3cc(-c4ccc(-c5ccccc5)nc4)ccc32)cc(C(F)(F)F)c1. The van der Waals surface area contributed by atoms with Crippen LogP contribution in [-0.4, -0.2) is 19.1 Å². The summed E-state index contributed by atoms with van der Waals surface area (Å²) in [4.78, 5) is 13.0. The number of rotatable bonds is 7. The van der Waals surface area contributed by atoms with Gasteiger partial charge in [0.05, 0.1) is 51.4 Å². The molecule has 0 bridgehead atoms. The quantitative estimate of drug-likeness (QED) is 0.150. The Morgan fingerprint density at radius 3 is 1.47 bits per heavy atom. The lowest BCUT2D eigenvalue weighted by Crippen LogP contribution is -2.08. The van der Waals surface area contributed by atoms with E-state index < -0.39 is 11.7 Å². The second-order valence-corrected chi connectivity index (χ2v) is 17.1. The van der Waals surface area contributed by atoms with Gasteiger partial charge in [0.15, 0.2) is 5.69 Å². The van der Waals surface area contributed by atoms with Crippen LogP contribution in [0.5, 0.6) is 0 Å². The van der Waals surface area contributed by atoms with E-state index in [0.29, 0.717) is 16.9 Å². The average molecular weight is 909 g/mol. The van der Waals surface area contributed by atoms with Crippen molar-refractivity contribution < 1.29 is 13.2 Å². The van der Waals surface area contributed by atoms with Gasteiger partial charge in [0, 0.05) is 67.3 Å². The Labute approximate surface area is 399 Å². The number of nitrogens with zero attached hydrogens (tertiary/aromatic N) is 6. The molecule has 4 aromatic heterocycles. The number of alkyl halides is 3. The smallest absolute Gasteiger partial charge is 0.308 e. The maximum atomic E-state index is 14.6. The van der Waals surface area contributed by atoms with Gasteiger partial charge in [-0.25, -0.2) is 4.85 Å². The van der Waals surface area contributed by atoms with Crippen LogP contribution in [0.15, 0.2) is 213 Å². The standard InChI is InChI=1S/C61H35F3N6/c1-66-46-31-44(30-45(34-46)61(62,63)64)47-24-29-59(69-55-18-10-8-16-48(55)50-32-40(22-27-57(50)69)42-20-25-53(67-36-42)38-12-4-2-5-13-38)52(35-65)60(47)70-56-19-11-9-17-49(56)51-33-41(23-28-58(51)70)43-21-26-54(68-37-43)39-14-6-3-7-15-39/h2-34,36-37H. The lowest BCUT2D eigenvalue weighted by Gasteiger charge is -2.21. The molecule has 0 aliphatic rings. The first-order valence-electron chi connectivity index (χ1n) is 22.5. The zero-order valence-corrected chi connectivity index (χ0v) is 37.0. The number of halogens is 3. The maximum absolute atomic E-state index is 14.6. The van der Waals surface area contributed by atoms with Gasteiger partial charge >= 0.3 is 6.18 Å². The number of hydrogen-bond donors (Lipinski definition) is 0. The predicted molar refractivity (Wildman–Crippen MR) is 274 cm³/mol. The molecule has 0 unspecified atom stereocenters. The third kappa shape index (κ3) is 7.04. The minimum Gasteiger partial charge on any atom is -0.308 e. The van der Waals surface area contributed by atoms with Crippen LogP contribution in [0.25, 0.3) is 116 Å². The number of aromatic nitrogens is 4. The molecule has 6 nitrogen and oxygen atoms in total. The summed E-state index contributed by atoms with van der Waals surface area (Å²) in [5.41, 5.74) is 11.2. The Bertz CT molecular complexity index is 4100. The van der Waals surface area contributed by atoms with E-state index in [1.807, 2.05) is 163 Å². The highest BCUT2D eigenvalue weighted by molar-refractivity contribution is 6.13. The van der Waals surface area contributed by atoms with Crippen LogP contribution in [0.1, 0.15) is 11.1 Å². The first kappa shape index (κ1) is 41.8. The molecule has 0 fully saturated rings. The third-order valence-corrected chi connectivity index (χ3v) is 13.1. The van der Waals surface area contributed by atoms with Crippen molar-refractivity contribution in [3.8, 4) is 73.3 Å². The Balaban J connectivity index is 1.09. The number of nitriles is 1. The summed E-state index contributed by atoms with van der Waals surface area (Å²) in [5.74, 6) is 0. The van der Waals surface area contributed by atoms with Crippen molar-refractivity contribution in [2.45, 2.75) is 6.18 Å². The van der Waals surface area contributed by atoms with Crippen molar-refractivity contribution in [3.05, 3.63) is 235 Å². The average Bonchev–Trinajstić information content (AvgIpc) is 3.92. The van der Waals surface area contributed by atoms with E-state index in [1.54, 1.807) is 12.1 Å². The second kappa shape index (κ2) is 16.6. The molecule has 8 aromatic carbocycles. The number of benzene rings is 8. The fraction of sp³-hybridized carbons (Fsp3) is 0.0164. The highest BCUT2D eigenvalue weighted by atomic mass is 19.4. The van der Waals surface area contributed by atoms with Gasteiger partial charge in [0.1, 0.15) is 11.6 Å². The van der Waals surface area contributed by atoms with Crippen LogP contribution in [0.3, 0.4) is 0 Å². The van der Waals surface area contributed by atoms with Gasteiger partial charge in [-0.05, 0) is 89.5 Å². The van der Waals surface area contributed by atoms with E-state index in [0.717, 1.165) is 101 Å². The Hall–Kier alpha value is -9.57. The third-order valence-electron chi connectivity index (χ3n) is 13.1. The van der Waals surface area contributed by atoms with Crippen molar-refractivity contribution in [3.63, 3.8) is 0 Å². The van der Waals surface area contributed by atoms with Gasteiger partial charge in [0.2, 0.25) is 0 Å². The first-order valence-corrected chi connectivity index (χ1v) is 22.5. The largest absolute Gasteiger partial charge is 0.415 e. The molecule has 0 aliphatic heterocycles. The molecule has 0 spiro atoms. The Morgan fingerprint density at radius 2 is 0.957 bits per heavy atom. The van der Waals surface area contributed by atoms with Crippen molar-refractivity contribution in [2.75, 3.05) is 0 Å². The molecule has 0 N–H and O–H groups in total. The van der Waals surface area contributed by atoms with Crippen LogP contribution in [-0.2, 0) is 6.18 Å². The summed E-state index contributed by atoms with van der Waals surface area (Å²) in [6.07, 6.45) is -0.998. The minimum absolute atomic E-state index is 0.157. The van der Waals surface area contributed by atoms with E-state index in [-0.39, 0.29) is 16.8 Å². The van der Waals surface area contributed by atoms with Crippen LogP contribution < -0.4 is 0 Å². The summed E-state index contributed by atoms with van der Waals surface area (Å²) < 4.78 is 47.9. The van der Waals surface area contributed by atoms with Crippen molar-refractivity contribution in [1.82, 2.24) is 19.1 Å². The van der Waals surface area contributed by atoms with Crippen molar-refractivity contribution >= 4 is 49.3 Å². The molecule has 0 saturated heterocycles. The molecule has 12 rings (SSSR count). The summed E-state index contributed by atoms with van der Waals surface area (Å²) in [7, 11) is 0. The summed E-state index contributed by atoms with van der Waals surface area (Å²) in [6, 6.07) is 65.8. The van der Waals surface area contributed by atoms with E-state index in [1.165, 1.54) is 6.07 Å². The van der Waals surface area contributed by atoms with Gasteiger partial charge in [-0.2, -0.15) is 18.4 Å². The minimum atomic E-state index is -4.73. The number of pyridine rings is 2. The summed E-state index contributed by atoms with van der Waals surface area (Å²) in [6.45, 7) is 7.82. The lowest BCUT2D eigenvalue weighted by atomic mass is 9.96. The highest BCUT2D eigenvalue weighted by Crippen LogP contribution is 2.45. The number of fused-ring (bicyclic) bond motifs is 6. The fourth-order valence-electron chi connectivity index (χ4n) is 9.83. The highest BCUT2D eigenvalue weighted by Gasteiger charge is 2.32. The molecular weight excluding hydrogens is 874 g/mol. The normalized spacial score (nSPS) is 11.6. The van der Waals surface area contributed by atoms with Gasteiger partial charge in [-0.15, -0.1) is 0 Å². The van der Waals surface area contributed by atoms with Crippen LogP contribution in [0.4, 0.5) is 18.9 Å². The molecular formula is C61H35F3N6. The fourth-order valence-corrected chi connectivity index (χ4v) is 9.83. The van der Waals surface area contributed by atoms with Crippen LogP contribution in [0.2, 0.25) is 0 Å². The van der Waals surface area contributed by atoms with Gasteiger partial charge in [-0.1, -0.05) is 127 Å². The first-order chi connectivity index (χ1) is 34.2. The topological polar surface area (TPSA) is 63.8 Å². The van der Waals surface area contributed by atoms with E-state index in [9.17, 15) is 18.4 Å². The van der Waals surface area contributed by atoms with Crippen LogP contribution in [0, 0.1) is 17.9 Å². The zero-order chi connectivity index (χ0) is 47.5. The molecule has 0 amide bonds. The van der Waals surface area contributed by atoms with Gasteiger partial charge < -0.3 is 9.13 Å². The molecule has 0 radical (unpaired) electrons. The molecule has 0 aliphatic carbocycles. The number of para-hydroxylation sites is 2. The molecule has 9 heteroatoms. The lowest BCUT2D eigenvalue weighted by molar-refractivity contribution is -0.137. The molecule has 0 atom stereocenters. The molecule has 12 aromatic rings. The van der Waals surface area contributed by atoms with E-state index in [2.05, 4.69) is 39.7 Å². The van der Waals surface area contributed by atoms with Gasteiger partial charge in [0.25, 0.3) is 0 Å². The Kier molecular flexibility index (Phi) is 9.94. The van der Waals surface area contributed by atoms with Crippen LogP contribution >= 0.6 is 0 Å². The monoisotopic (exact) mass is 908 g/mol.